The standard InChI is InChI=1S/2C11H12N4OS.Pd/c2*1-2-12-11(17)15-14-9-7-5-3-4-6-8(7)13-10(9)16;/h2*3-6H,2H2,1H3,(H3,12,13,14,15,16,17);. The van der Waals surface area contributed by atoms with Crippen molar-refractivity contribution < 1.29 is 30.0 Å². The van der Waals surface area contributed by atoms with Gasteiger partial charge in [-0.05, 0) is 25.2 Å². The largest absolute Gasteiger partial charge is 0.514 e. The van der Waals surface area contributed by atoms with Gasteiger partial charge >= 0.3 is 0 Å². The van der Waals surface area contributed by atoms with Crippen molar-refractivity contribution in [2.45, 2.75) is 13.8 Å². The van der Waals surface area contributed by atoms with Gasteiger partial charge in [-0.3, -0.25) is 20.2 Å². The van der Waals surface area contributed by atoms with Gasteiger partial charge in [-0.2, -0.15) is 0 Å². The van der Waals surface area contributed by atoms with Gasteiger partial charge in [0.15, 0.2) is 34.7 Å². The first-order chi connectivity index (χ1) is 16.4. The third-order valence-corrected chi connectivity index (χ3v) is 4.95. The number of benzene rings is 2. The number of anilines is 2. The van der Waals surface area contributed by atoms with Gasteiger partial charge < -0.3 is 31.7 Å². The van der Waals surface area contributed by atoms with Crippen molar-refractivity contribution in [3.05, 3.63) is 70.5 Å². The Morgan fingerprint density at radius 1 is 0.771 bits per heavy atom. The smallest absolute Gasteiger partial charge is 0.273 e. The zero-order valence-corrected chi connectivity index (χ0v) is 22.2. The summed E-state index contributed by atoms with van der Waals surface area (Å²) in [5.74, 6) is -0.486. The molecule has 0 saturated heterocycles. The molecule has 0 saturated carbocycles. The average Bonchev–Trinajstić information content (AvgIpc) is 3.32. The number of rotatable bonds is 4. The van der Waals surface area contributed by atoms with Crippen molar-refractivity contribution in [3.63, 3.8) is 0 Å². The molecule has 4 N–H and O–H groups in total. The maximum atomic E-state index is 11.6. The zero-order valence-electron chi connectivity index (χ0n) is 18.8. The summed E-state index contributed by atoms with van der Waals surface area (Å²) in [5, 5.41) is 19.8. The zero-order chi connectivity index (χ0) is 24.5. The van der Waals surface area contributed by atoms with E-state index in [1.807, 2.05) is 62.4 Å². The fourth-order valence-electron chi connectivity index (χ4n) is 2.99. The molecule has 2 heterocycles. The van der Waals surface area contributed by atoms with E-state index in [-0.39, 0.29) is 32.2 Å². The molecule has 0 bridgehead atoms. The van der Waals surface area contributed by atoms with E-state index < -0.39 is 0 Å². The Labute approximate surface area is 227 Å². The number of hydrogen-bond acceptors (Lipinski definition) is 4. The summed E-state index contributed by atoms with van der Waals surface area (Å²) in [4.78, 5) is 23.3. The molecule has 0 atom stereocenters. The van der Waals surface area contributed by atoms with E-state index in [4.69, 9.17) is 0 Å². The predicted octanol–water partition coefficient (Wildman–Crippen LogP) is 1.38. The van der Waals surface area contributed by atoms with Crippen LogP contribution < -0.4 is 21.3 Å². The van der Waals surface area contributed by atoms with Crippen LogP contribution in [0.5, 0.6) is 0 Å². The van der Waals surface area contributed by atoms with Crippen LogP contribution in [-0.4, -0.2) is 46.6 Å². The number of nitrogens with one attached hydrogen (secondary N) is 4. The molecule has 0 fully saturated rings. The van der Waals surface area contributed by atoms with Gasteiger partial charge in [0.1, 0.15) is 11.4 Å². The van der Waals surface area contributed by atoms with E-state index in [0.717, 1.165) is 22.5 Å². The quantitative estimate of drug-likeness (QED) is 0.138. The van der Waals surface area contributed by atoms with Crippen LogP contribution in [0.3, 0.4) is 0 Å². The molecule has 0 aliphatic carbocycles. The van der Waals surface area contributed by atoms with Gasteiger partial charge in [0.05, 0.1) is 11.4 Å². The van der Waals surface area contributed by atoms with Crippen LogP contribution in [0.4, 0.5) is 11.4 Å². The predicted molar refractivity (Wildman–Crippen MR) is 145 cm³/mol. The van der Waals surface area contributed by atoms with Gasteiger partial charge in [-0.15, -0.1) is 0 Å². The summed E-state index contributed by atoms with van der Waals surface area (Å²) < 4.78 is 0. The normalized spacial score (nSPS) is 15.1. The Morgan fingerprint density at radius 3 is 1.51 bits per heavy atom. The number of carbonyl (C=O) groups excluding carboxylic acids is 2. The number of amides is 2. The molecule has 0 aromatic heterocycles. The second-order valence-electron chi connectivity index (χ2n) is 6.80. The molecule has 0 unspecified atom stereocenters. The molecule has 2 amide bonds. The van der Waals surface area contributed by atoms with Gasteiger partial charge in [-0.25, -0.2) is 0 Å². The van der Waals surface area contributed by atoms with Crippen molar-refractivity contribution in [1.29, 1.82) is 0 Å². The van der Waals surface area contributed by atoms with Gasteiger partial charge in [0.25, 0.3) is 11.8 Å². The van der Waals surface area contributed by atoms with Crippen molar-refractivity contribution in [2.75, 3.05) is 23.7 Å². The van der Waals surface area contributed by atoms with Gasteiger partial charge in [0, 0.05) is 31.5 Å². The molecule has 2 aromatic rings. The maximum Gasteiger partial charge on any atom is 0.273 e. The molecular weight excluding hydrogens is 579 g/mol. The average molecular weight is 603 g/mol. The van der Waals surface area contributed by atoms with Crippen LogP contribution in [0.2, 0.25) is 0 Å². The summed E-state index contributed by atoms with van der Waals surface area (Å²) >= 11 is 8.17. The Balaban J connectivity index is 0.000000240. The number of nitrogens with zero attached hydrogens (tertiary/aromatic N) is 4. The first kappa shape index (κ1) is 28.3. The molecule has 2 aliphatic rings. The Kier molecular flexibility index (Phi) is 11.2. The minimum atomic E-state index is -0.243. The van der Waals surface area contributed by atoms with Crippen LogP contribution in [0, 0.1) is 0 Å². The Morgan fingerprint density at radius 2 is 1.14 bits per heavy atom. The SMILES string of the molecule is CCNC(=[SH+])[N-]N=C1C(=O)Nc2ccccc21.CCNC(=[SH+])[N-]N=C1C(=O)Nc2ccccc21.[Pd]. The third-order valence-electron chi connectivity index (χ3n) is 4.45. The summed E-state index contributed by atoms with van der Waals surface area (Å²) in [6.07, 6.45) is 0. The van der Waals surface area contributed by atoms with Gasteiger partial charge in [0.2, 0.25) is 0 Å². The van der Waals surface area contributed by atoms with Crippen molar-refractivity contribution >= 4 is 69.3 Å². The van der Waals surface area contributed by atoms with Crippen molar-refractivity contribution in [2.24, 2.45) is 10.2 Å². The molecule has 186 valence electrons. The van der Waals surface area contributed by atoms with E-state index >= 15 is 0 Å². The van der Waals surface area contributed by atoms with Crippen LogP contribution >= 0.6 is 0 Å². The number of fused-ring (bicyclic) bond motifs is 2. The monoisotopic (exact) mass is 602 g/mol. The van der Waals surface area contributed by atoms with Crippen LogP contribution in [0.25, 0.3) is 10.9 Å². The first-order valence-electron chi connectivity index (χ1n) is 10.4. The maximum absolute atomic E-state index is 11.6. The molecule has 2 aliphatic heterocycles. The minimum Gasteiger partial charge on any atom is -0.514 e. The Bertz CT molecular complexity index is 1090. The topological polar surface area (TPSA) is 135 Å². The molecule has 13 heteroatoms. The number of para-hydroxylation sites is 2. The summed E-state index contributed by atoms with van der Waals surface area (Å²) in [6.45, 7) is 5.26. The second kappa shape index (κ2) is 13.8. The number of carbonyl (C=O) groups is 2. The van der Waals surface area contributed by atoms with E-state index in [9.17, 15) is 9.59 Å². The third kappa shape index (κ3) is 7.53. The summed E-state index contributed by atoms with van der Waals surface area (Å²) in [5.41, 5.74) is 11.3. The fourth-order valence-corrected chi connectivity index (χ4v) is 3.39. The minimum absolute atomic E-state index is 0. The molecule has 2 aromatic carbocycles. The molecule has 4 rings (SSSR count). The number of hydrogen-bond donors (Lipinski definition) is 4. The molecular formula is C22H24N8O2PdS2. The van der Waals surface area contributed by atoms with Crippen molar-refractivity contribution in [1.82, 2.24) is 10.6 Å². The molecule has 35 heavy (non-hydrogen) atoms. The van der Waals surface area contributed by atoms with E-state index in [1.165, 1.54) is 0 Å². The molecule has 10 nitrogen and oxygen atoms in total. The molecule has 0 radical (unpaired) electrons. The summed E-state index contributed by atoms with van der Waals surface area (Å²) in [6, 6.07) is 14.7. The molecule has 0 spiro atoms. The van der Waals surface area contributed by atoms with E-state index in [2.05, 4.69) is 66.8 Å². The van der Waals surface area contributed by atoms with Crippen LogP contribution in [-0.2, 0) is 54.4 Å². The summed E-state index contributed by atoms with van der Waals surface area (Å²) in [7, 11) is 0. The van der Waals surface area contributed by atoms with Gasteiger partial charge in [-0.1, -0.05) is 50.2 Å². The Hall–Kier alpha value is -2.92. The van der Waals surface area contributed by atoms with E-state index in [1.54, 1.807) is 0 Å². The van der Waals surface area contributed by atoms with Crippen LogP contribution in [0.15, 0.2) is 58.7 Å². The second-order valence-corrected chi connectivity index (χ2v) is 7.65. The number of thiol groups is 2. The van der Waals surface area contributed by atoms with Crippen LogP contribution in [0.1, 0.15) is 25.0 Å². The van der Waals surface area contributed by atoms with E-state index in [0.29, 0.717) is 34.7 Å². The fraction of sp³-hybridized carbons (Fsp3) is 0.182. The van der Waals surface area contributed by atoms with Crippen molar-refractivity contribution in [3.8, 4) is 0 Å². The first-order valence-corrected chi connectivity index (χ1v) is 11.3.